The van der Waals surface area contributed by atoms with Crippen LogP contribution in [0.25, 0.3) is 16.7 Å². The number of amides is 2. The Morgan fingerprint density at radius 2 is 1.92 bits per heavy atom. The minimum absolute atomic E-state index is 0.00752. The Morgan fingerprint density at radius 1 is 1.17 bits per heavy atom. The predicted octanol–water partition coefficient (Wildman–Crippen LogP) is 2.90. The van der Waals surface area contributed by atoms with Crippen LogP contribution in [0.4, 0.5) is 10.1 Å². The number of carbonyl (C=O) groups excluding carboxylic acids is 3. The number of para-hydroxylation sites is 1. The number of nitrogens with one attached hydrogen (secondary N) is 1. The van der Waals surface area contributed by atoms with E-state index in [2.05, 4.69) is 20.3 Å². The minimum atomic E-state index is -0.807. The Morgan fingerprint density at radius 3 is 2.58 bits per heavy atom. The Bertz CT molecular complexity index is 1410. The molecule has 0 atom stereocenters. The van der Waals surface area contributed by atoms with E-state index < -0.39 is 17.5 Å². The second-order valence-corrected chi connectivity index (χ2v) is 8.54. The maximum absolute atomic E-state index is 14.7. The molecule has 3 aromatic heterocycles. The number of fused-ring (bicyclic) bond motifs is 1. The van der Waals surface area contributed by atoms with Crippen molar-refractivity contribution in [1.29, 1.82) is 0 Å². The third-order valence-electron chi connectivity index (χ3n) is 6.44. The van der Waals surface area contributed by atoms with Crippen LogP contribution in [0.15, 0.2) is 55.1 Å². The summed E-state index contributed by atoms with van der Waals surface area (Å²) < 4.78 is 16.1. The first-order valence-corrected chi connectivity index (χ1v) is 11.7. The van der Waals surface area contributed by atoms with Gasteiger partial charge in [-0.3, -0.25) is 14.4 Å². The number of likely N-dealkylation sites (tertiary alicyclic amines) is 1. The van der Waals surface area contributed by atoms with Crippen LogP contribution in [0.5, 0.6) is 0 Å². The van der Waals surface area contributed by atoms with Crippen LogP contribution in [-0.4, -0.2) is 66.6 Å². The van der Waals surface area contributed by atoms with E-state index in [1.807, 2.05) is 37.3 Å². The molecular formula is C25H24FN7O3. The molecular weight excluding hydrogens is 465 g/mol. The number of halogens is 1. The van der Waals surface area contributed by atoms with E-state index in [4.69, 9.17) is 0 Å². The molecule has 36 heavy (non-hydrogen) atoms. The van der Waals surface area contributed by atoms with Gasteiger partial charge in [0.15, 0.2) is 11.6 Å². The minimum Gasteiger partial charge on any atom is -0.357 e. The highest BCUT2D eigenvalue weighted by molar-refractivity contribution is 6.45. The van der Waals surface area contributed by atoms with Gasteiger partial charge in [0, 0.05) is 37.4 Å². The normalized spacial score (nSPS) is 14.2. The number of hydrogen-bond acceptors (Lipinski definition) is 6. The first-order chi connectivity index (χ1) is 17.5. The van der Waals surface area contributed by atoms with Gasteiger partial charge in [0.1, 0.15) is 0 Å². The number of aromatic amines is 1. The number of pyridine rings is 1. The van der Waals surface area contributed by atoms with E-state index in [1.165, 1.54) is 22.0 Å². The van der Waals surface area contributed by atoms with E-state index in [1.54, 1.807) is 11.1 Å². The van der Waals surface area contributed by atoms with Crippen molar-refractivity contribution < 1.29 is 18.8 Å². The second-order valence-electron chi connectivity index (χ2n) is 8.54. The summed E-state index contributed by atoms with van der Waals surface area (Å²) in [6.07, 6.45) is 6.72. The summed E-state index contributed by atoms with van der Waals surface area (Å²) in [6.45, 7) is 2.44. The van der Waals surface area contributed by atoms with Crippen molar-refractivity contribution in [2.75, 3.05) is 18.0 Å². The van der Waals surface area contributed by atoms with Crippen molar-refractivity contribution in [3.05, 3.63) is 66.5 Å². The topological polar surface area (TPSA) is 117 Å². The maximum atomic E-state index is 14.7. The number of benzene rings is 1. The molecule has 2 amide bonds. The van der Waals surface area contributed by atoms with Gasteiger partial charge in [-0.05, 0) is 25.0 Å². The van der Waals surface area contributed by atoms with Gasteiger partial charge in [-0.25, -0.2) is 14.1 Å². The quantitative estimate of drug-likeness (QED) is 0.329. The number of H-pyrrole nitrogens is 1. The van der Waals surface area contributed by atoms with Gasteiger partial charge in [-0.2, -0.15) is 0 Å². The van der Waals surface area contributed by atoms with Gasteiger partial charge in [-0.1, -0.05) is 30.3 Å². The lowest BCUT2D eigenvalue weighted by Gasteiger charge is -2.38. The molecule has 1 aliphatic heterocycles. The van der Waals surface area contributed by atoms with E-state index in [0.717, 1.165) is 11.9 Å². The Labute approximate surface area is 205 Å². The molecule has 0 bridgehead atoms. The van der Waals surface area contributed by atoms with Gasteiger partial charge < -0.3 is 14.8 Å². The zero-order valence-electron chi connectivity index (χ0n) is 19.6. The number of Topliss-reactive ketones (excluding diaryl/α,β-unsaturated/α-hetero) is 1. The Kier molecular flexibility index (Phi) is 6.28. The molecule has 184 valence electrons. The second kappa shape index (κ2) is 9.68. The summed E-state index contributed by atoms with van der Waals surface area (Å²) in [5, 5.41) is 7.57. The molecule has 0 unspecified atom stereocenters. The van der Waals surface area contributed by atoms with Crippen molar-refractivity contribution in [3.8, 4) is 5.82 Å². The van der Waals surface area contributed by atoms with Crippen molar-refractivity contribution >= 4 is 34.2 Å². The Hall–Kier alpha value is -4.41. The SMILES string of the molecule is CCC(=O)N(c1ccccc1)C1CCN(C(=O)C(=O)c2c[nH]c3c(-n4ccnn4)ncc(F)c23)CC1. The zero-order valence-corrected chi connectivity index (χ0v) is 19.6. The van der Waals surface area contributed by atoms with E-state index in [9.17, 15) is 18.8 Å². The van der Waals surface area contributed by atoms with Gasteiger partial charge in [0.05, 0.1) is 35.1 Å². The molecule has 1 fully saturated rings. The van der Waals surface area contributed by atoms with Crippen LogP contribution in [0.1, 0.15) is 36.5 Å². The van der Waals surface area contributed by atoms with Crippen LogP contribution >= 0.6 is 0 Å². The summed E-state index contributed by atoms with van der Waals surface area (Å²) in [6, 6.07) is 9.36. The van der Waals surface area contributed by atoms with Crippen molar-refractivity contribution in [2.24, 2.45) is 0 Å². The van der Waals surface area contributed by atoms with Crippen LogP contribution < -0.4 is 4.90 Å². The number of piperidine rings is 1. The smallest absolute Gasteiger partial charge is 0.295 e. The molecule has 4 aromatic rings. The molecule has 0 saturated carbocycles. The predicted molar refractivity (Wildman–Crippen MR) is 129 cm³/mol. The third-order valence-corrected chi connectivity index (χ3v) is 6.44. The first kappa shape index (κ1) is 23.3. The van der Waals surface area contributed by atoms with E-state index >= 15 is 0 Å². The van der Waals surface area contributed by atoms with Crippen LogP contribution in [0, 0.1) is 5.82 Å². The fourth-order valence-corrected chi connectivity index (χ4v) is 4.67. The molecule has 10 nitrogen and oxygen atoms in total. The largest absolute Gasteiger partial charge is 0.357 e. The molecule has 4 heterocycles. The highest BCUT2D eigenvalue weighted by atomic mass is 19.1. The molecule has 11 heteroatoms. The van der Waals surface area contributed by atoms with Gasteiger partial charge >= 0.3 is 0 Å². The average molecular weight is 490 g/mol. The third kappa shape index (κ3) is 4.12. The summed E-state index contributed by atoms with van der Waals surface area (Å²) >= 11 is 0. The lowest BCUT2D eigenvalue weighted by molar-refractivity contribution is -0.127. The highest BCUT2D eigenvalue weighted by Crippen LogP contribution is 2.28. The molecule has 0 spiro atoms. The maximum Gasteiger partial charge on any atom is 0.295 e. The monoisotopic (exact) mass is 489 g/mol. The van der Waals surface area contributed by atoms with E-state index in [0.29, 0.717) is 32.4 Å². The molecule has 1 N–H and O–H groups in total. The molecule has 1 aliphatic rings. The van der Waals surface area contributed by atoms with Crippen molar-refractivity contribution in [1.82, 2.24) is 29.9 Å². The highest BCUT2D eigenvalue weighted by Gasteiger charge is 2.33. The number of nitrogens with zero attached hydrogens (tertiary/aromatic N) is 6. The summed E-state index contributed by atoms with van der Waals surface area (Å²) in [5.41, 5.74) is 0.994. The number of aromatic nitrogens is 5. The average Bonchev–Trinajstić information content (AvgIpc) is 3.61. The summed E-state index contributed by atoms with van der Waals surface area (Å²) in [5.74, 6) is -1.97. The van der Waals surface area contributed by atoms with Crippen LogP contribution in [0.3, 0.4) is 0 Å². The van der Waals surface area contributed by atoms with E-state index in [-0.39, 0.29) is 34.2 Å². The molecule has 0 radical (unpaired) electrons. The number of anilines is 1. The van der Waals surface area contributed by atoms with Crippen molar-refractivity contribution in [3.63, 3.8) is 0 Å². The molecule has 1 aromatic carbocycles. The van der Waals surface area contributed by atoms with Gasteiger partial charge in [-0.15, -0.1) is 5.10 Å². The van der Waals surface area contributed by atoms with Crippen LogP contribution in [0.2, 0.25) is 0 Å². The first-order valence-electron chi connectivity index (χ1n) is 11.7. The standard InChI is InChI=1S/C25H24FN7O3/c1-2-20(34)33(16-6-4-3-5-7-16)17-8-11-31(12-9-17)25(36)23(35)18-14-27-22-21(18)19(26)15-28-24(22)32-13-10-29-30-32/h3-7,10,13-15,17,27H,2,8-9,11-12H2,1H3. The van der Waals surface area contributed by atoms with Gasteiger partial charge in [0.2, 0.25) is 5.91 Å². The molecule has 1 saturated heterocycles. The lowest BCUT2D eigenvalue weighted by atomic mass is 10.0. The molecule has 0 aliphatic carbocycles. The number of hydrogen-bond donors (Lipinski definition) is 1. The fourth-order valence-electron chi connectivity index (χ4n) is 4.67. The Balaban J connectivity index is 1.34. The number of ketones is 1. The summed E-state index contributed by atoms with van der Waals surface area (Å²) in [7, 11) is 0. The number of rotatable bonds is 6. The molecule has 5 rings (SSSR count). The number of carbonyl (C=O) groups is 3. The van der Waals surface area contributed by atoms with Gasteiger partial charge in [0.25, 0.3) is 11.7 Å². The zero-order chi connectivity index (χ0) is 25.2. The fraction of sp³-hybridized carbons (Fsp3) is 0.280. The summed E-state index contributed by atoms with van der Waals surface area (Å²) in [4.78, 5) is 49.1. The van der Waals surface area contributed by atoms with Crippen LogP contribution in [-0.2, 0) is 9.59 Å². The van der Waals surface area contributed by atoms with Crippen molar-refractivity contribution in [2.45, 2.75) is 32.2 Å². The lowest BCUT2D eigenvalue weighted by Crippen LogP contribution is -2.50.